The third kappa shape index (κ3) is 3.37. The number of ketones is 1. The Kier molecular flexibility index (Phi) is 4.21. The van der Waals surface area contributed by atoms with Crippen LogP contribution in [0, 0.1) is 5.82 Å². The number of hydrogen-bond donors (Lipinski definition) is 0. The van der Waals surface area contributed by atoms with Crippen molar-refractivity contribution < 1.29 is 14.0 Å². The molecule has 0 bridgehead atoms. The molecule has 0 saturated carbocycles. The number of aromatic nitrogens is 1. The standard InChI is InChI=1S/C16H17FN2O2/c1-11(20)13-8-15(18(2)10-13)16(21)19(3)9-12-4-6-14(17)7-5-12/h4-8,10H,9H2,1-3H3. The van der Waals surface area contributed by atoms with Crippen LogP contribution >= 0.6 is 0 Å². The summed E-state index contributed by atoms with van der Waals surface area (Å²) in [5.41, 5.74) is 1.80. The van der Waals surface area contributed by atoms with Crippen LogP contribution in [0.25, 0.3) is 0 Å². The van der Waals surface area contributed by atoms with Crippen LogP contribution in [-0.2, 0) is 13.6 Å². The monoisotopic (exact) mass is 288 g/mol. The molecular weight excluding hydrogens is 271 g/mol. The van der Waals surface area contributed by atoms with E-state index in [0.29, 0.717) is 17.8 Å². The van der Waals surface area contributed by atoms with Crippen molar-refractivity contribution in [1.82, 2.24) is 9.47 Å². The Bertz CT molecular complexity index is 674. The Morgan fingerprint density at radius 3 is 2.38 bits per heavy atom. The van der Waals surface area contributed by atoms with Gasteiger partial charge >= 0.3 is 0 Å². The molecule has 2 rings (SSSR count). The number of aryl methyl sites for hydroxylation is 1. The fourth-order valence-corrected chi connectivity index (χ4v) is 2.10. The highest BCUT2D eigenvalue weighted by Gasteiger charge is 2.17. The number of Topliss-reactive ketones (excluding diaryl/α,β-unsaturated/α-hetero) is 1. The lowest BCUT2D eigenvalue weighted by atomic mass is 10.2. The second-order valence-electron chi connectivity index (χ2n) is 5.07. The summed E-state index contributed by atoms with van der Waals surface area (Å²) in [6.07, 6.45) is 1.64. The van der Waals surface area contributed by atoms with E-state index < -0.39 is 0 Å². The Labute approximate surface area is 122 Å². The van der Waals surface area contributed by atoms with Gasteiger partial charge in [-0.15, -0.1) is 0 Å². The first-order valence-corrected chi connectivity index (χ1v) is 6.55. The molecule has 5 heteroatoms. The highest BCUT2D eigenvalue weighted by atomic mass is 19.1. The van der Waals surface area contributed by atoms with Gasteiger partial charge in [-0.1, -0.05) is 12.1 Å². The molecule has 2 aromatic rings. The van der Waals surface area contributed by atoms with Crippen LogP contribution in [-0.4, -0.2) is 28.2 Å². The van der Waals surface area contributed by atoms with Crippen LogP contribution < -0.4 is 0 Å². The van der Waals surface area contributed by atoms with E-state index in [0.717, 1.165) is 5.56 Å². The largest absolute Gasteiger partial charge is 0.346 e. The summed E-state index contributed by atoms with van der Waals surface area (Å²) in [4.78, 5) is 25.3. The molecule has 110 valence electrons. The molecule has 1 heterocycles. The van der Waals surface area contributed by atoms with E-state index in [2.05, 4.69) is 0 Å². The fourth-order valence-electron chi connectivity index (χ4n) is 2.10. The van der Waals surface area contributed by atoms with E-state index in [1.54, 1.807) is 43.1 Å². The molecule has 0 aliphatic carbocycles. The first kappa shape index (κ1) is 15.0. The average Bonchev–Trinajstić information content (AvgIpc) is 2.82. The molecule has 0 spiro atoms. The van der Waals surface area contributed by atoms with E-state index >= 15 is 0 Å². The molecule has 0 radical (unpaired) electrons. The van der Waals surface area contributed by atoms with E-state index in [1.807, 2.05) is 0 Å². The van der Waals surface area contributed by atoms with E-state index in [4.69, 9.17) is 0 Å². The van der Waals surface area contributed by atoms with Crippen molar-refractivity contribution in [3.63, 3.8) is 0 Å². The molecule has 1 aromatic carbocycles. The first-order valence-electron chi connectivity index (χ1n) is 6.55. The normalized spacial score (nSPS) is 10.5. The lowest BCUT2D eigenvalue weighted by Gasteiger charge is -2.17. The highest BCUT2D eigenvalue weighted by molar-refractivity contribution is 5.99. The van der Waals surface area contributed by atoms with Crippen molar-refractivity contribution >= 4 is 11.7 Å². The van der Waals surface area contributed by atoms with Crippen LogP contribution in [0.5, 0.6) is 0 Å². The van der Waals surface area contributed by atoms with Gasteiger partial charge in [0.25, 0.3) is 5.91 Å². The van der Waals surface area contributed by atoms with Crippen LogP contribution in [0.15, 0.2) is 36.5 Å². The van der Waals surface area contributed by atoms with Crippen molar-refractivity contribution in [2.45, 2.75) is 13.5 Å². The smallest absolute Gasteiger partial charge is 0.270 e. The van der Waals surface area contributed by atoms with E-state index in [-0.39, 0.29) is 17.5 Å². The lowest BCUT2D eigenvalue weighted by molar-refractivity contribution is 0.0775. The second-order valence-corrected chi connectivity index (χ2v) is 5.07. The van der Waals surface area contributed by atoms with E-state index in [9.17, 15) is 14.0 Å². The number of benzene rings is 1. The number of carbonyl (C=O) groups excluding carboxylic acids is 2. The summed E-state index contributed by atoms with van der Waals surface area (Å²) in [6, 6.07) is 7.61. The third-order valence-electron chi connectivity index (χ3n) is 3.31. The summed E-state index contributed by atoms with van der Waals surface area (Å²) in [6.45, 7) is 1.84. The predicted octanol–water partition coefficient (Wildman–Crippen LogP) is 2.64. The van der Waals surface area contributed by atoms with Crippen LogP contribution in [0.3, 0.4) is 0 Å². The van der Waals surface area contributed by atoms with Gasteiger partial charge in [0.2, 0.25) is 0 Å². The molecule has 21 heavy (non-hydrogen) atoms. The van der Waals surface area contributed by atoms with Crippen molar-refractivity contribution in [2.24, 2.45) is 7.05 Å². The van der Waals surface area contributed by atoms with Gasteiger partial charge in [0.05, 0.1) is 0 Å². The molecule has 0 aliphatic heterocycles. The molecular formula is C16H17FN2O2. The van der Waals surface area contributed by atoms with Gasteiger partial charge in [0.1, 0.15) is 11.5 Å². The maximum Gasteiger partial charge on any atom is 0.270 e. The second kappa shape index (κ2) is 5.91. The number of amides is 1. The Hall–Kier alpha value is -2.43. The minimum atomic E-state index is -0.304. The average molecular weight is 288 g/mol. The van der Waals surface area contributed by atoms with E-state index in [1.165, 1.54) is 24.0 Å². The quantitative estimate of drug-likeness (QED) is 0.812. The van der Waals surface area contributed by atoms with Gasteiger partial charge in [0, 0.05) is 32.4 Å². The van der Waals surface area contributed by atoms with Gasteiger partial charge < -0.3 is 9.47 Å². The number of hydrogen-bond acceptors (Lipinski definition) is 2. The minimum Gasteiger partial charge on any atom is -0.346 e. The van der Waals surface area contributed by atoms with Crippen molar-refractivity contribution in [1.29, 1.82) is 0 Å². The molecule has 0 unspecified atom stereocenters. The van der Waals surface area contributed by atoms with Crippen molar-refractivity contribution in [3.8, 4) is 0 Å². The van der Waals surface area contributed by atoms with Gasteiger partial charge in [-0.2, -0.15) is 0 Å². The van der Waals surface area contributed by atoms with Crippen LogP contribution in [0.2, 0.25) is 0 Å². The zero-order valence-corrected chi connectivity index (χ0v) is 12.3. The van der Waals surface area contributed by atoms with Gasteiger partial charge in [-0.3, -0.25) is 9.59 Å². The minimum absolute atomic E-state index is 0.0779. The summed E-state index contributed by atoms with van der Waals surface area (Å²) in [7, 11) is 3.40. The maximum atomic E-state index is 12.9. The number of halogens is 1. The van der Waals surface area contributed by atoms with Gasteiger partial charge in [-0.25, -0.2) is 4.39 Å². The summed E-state index contributed by atoms with van der Waals surface area (Å²) in [5, 5.41) is 0. The molecule has 1 amide bonds. The van der Waals surface area contributed by atoms with Crippen molar-refractivity contribution in [3.05, 3.63) is 59.2 Å². The van der Waals surface area contributed by atoms with Crippen LogP contribution in [0.1, 0.15) is 33.3 Å². The Morgan fingerprint density at radius 1 is 1.24 bits per heavy atom. The van der Waals surface area contributed by atoms with Crippen LogP contribution in [0.4, 0.5) is 4.39 Å². The fraction of sp³-hybridized carbons (Fsp3) is 0.250. The summed E-state index contributed by atoms with van der Waals surface area (Å²) >= 11 is 0. The molecule has 0 fully saturated rings. The number of rotatable bonds is 4. The SMILES string of the molecule is CC(=O)c1cc(C(=O)N(C)Cc2ccc(F)cc2)n(C)c1. The first-order chi connectivity index (χ1) is 9.88. The molecule has 0 atom stereocenters. The zero-order valence-electron chi connectivity index (χ0n) is 12.3. The molecule has 0 aliphatic rings. The predicted molar refractivity (Wildman–Crippen MR) is 77.6 cm³/mol. The summed E-state index contributed by atoms with van der Waals surface area (Å²) < 4.78 is 14.5. The molecule has 0 N–H and O–H groups in total. The van der Waals surface area contributed by atoms with Gasteiger partial charge in [0.15, 0.2) is 5.78 Å². The Balaban J connectivity index is 2.15. The van der Waals surface area contributed by atoms with Gasteiger partial charge in [-0.05, 0) is 30.7 Å². The highest BCUT2D eigenvalue weighted by Crippen LogP contribution is 2.13. The molecule has 4 nitrogen and oxygen atoms in total. The summed E-state index contributed by atoms with van der Waals surface area (Å²) in [5.74, 6) is -0.568. The Morgan fingerprint density at radius 2 is 1.86 bits per heavy atom. The number of carbonyl (C=O) groups is 2. The number of nitrogens with zero attached hydrogens (tertiary/aromatic N) is 2. The third-order valence-corrected chi connectivity index (χ3v) is 3.31. The lowest BCUT2D eigenvalue weighted by Crippen LogP contribution is -2.27. The molecule has 1 aromatic heterocycles. The van der Waals surface area contributed by atoms with Crippen molar-refractivity contribution in [2.75, 3.05) is 7.05 Å². The topological polar surface area (TPSA) is 42.3 Å². The maximum absolute atomic E-state index is 12.9. The zero-order chi connectivity index (χ0) is 15.6. The molecule has 0 saturated heterocycles.